The third-order valence-electron chi connectivity index (χ3n) is 11.5. The average Bonchev–Trinajstić information content (AvgIpc) is 3.86. The number of nitrogen functional groups attached to an aromatic ring is 1. The number of carbonyl (C=O) groups is 4. The molecule has 0 aliphatic carbocycles. The van der Waals surface area contributed by atoms with Crippen LogP contribution in [0.3, 0.4) is 0 Å². The van der Waals surface area contributed by atoms with Crippen LogP contribution in [0, 0.1) is 0 Å². The Morgan fingerprint density at radius 2 is 1.52 bits per heavy atom. The molecule has 4 unspecified atom stereocenters. The summed E-state index contributed by atoms with van der Waals surface area (Å²) in [5.74, 6) is -0.542. The van der Waals surface area contributed by atoms with E-state index in [4.69, 9.17) is 19.9 Å². The van der Waals surface area contributed by atoms with Crippen LogP contribution in [0.4, 0.5) is 28.4 Å². The van der Waals surface area contributed by atoms with Crippen molar-refractivity contribution in [2.24, 2.45) is 19.1 Å². The molecule has 2 aromatic heterocycles. The summed E-state index contributed by atoms with van der Waals surface area (Å²) in [6.45, 7) is 4.47. The minimum Gasteiger partial charge on any atom is -0.490 e. The van der Waals surface area contributed by atoms with E-state index in [9.17, 15) is 29.4 Å². The van der Waals surface area contributed by atoms with E-state index >= 15 is 0 Å². The van der Waals surface area contributed by atoms with E-state index in [-0.39, 0.29) is 67.9 Å². The molecule has 0 radical (unpaired) electrons. The van der Waals surface area contributed by atoms with Gasteiger partial charge in [0.15, 0.2) is 11.5 Å². The van der Waals surface area contributed by atoms with Crippen molar-refractivity contribution in [1.29, 1.82) is 0 Å². The highest BCUT2D eigenvalue weighted by atomic mass is 16.7. The number of hydrogen-bond donors (Lipinski definition) is 6. The molecular formula is C49H58N8O9. The average molecular weight is 903 g/mol. The van der Waals surface area contributed by atoms with Crippen molar-refractivity contribution in [2.45, 2.75) is 83.3 Å². The first kappa shape index (κ1) is 47.0. The number of amides is 4. The minimum atomic E-state index is -0.893. The highest BCUT2D eigenvalue weighted by molar-refractivity contribution is 6.06. The van der Waals surface area contributed by atoms with Crippen molar-refractivity contribution in [3.63, 3.8) is 0 Å². The van der Waals surface area contributed by atoms with Crippen LogP contribution in [0.15, 0.2) is 90.2 Å². The molecule has 2 fully saturated rings. The lowest BCUT2D eigenvalue weighted by Gasteiger charge is -2.33. The van der Waals surface area contributed by atoms with Gasteiger partial charge in [0.05, 0.1) is 48.4 Å². The maximum Gasteiger partial charge on any atom is 0.272 e. The first-order valence-corrected chi connectivity index (χ1v) is 22.4. The monoisotopic (exact) mass is 902 g/mol. The van der Waals surface area contributed by atoms with Gasteiger partial charge in [0.2, 0.25) is 12.2 Å². The zero-order valence-electron chi connectivity index (χ0n) is 37.7. The van der Waals surface area contributed by atoms with Crippen LogP contribution in [0.25, 0.3) is 11.1 Å². The number of anilines is 4. The fourth-order valence-corrected chi connectivity index (χ4v) is 8.15. The van der Waals surface area contributed by atoms with Gasteiger partial charge in [-0.05, 0) is 85.8 Å². The Morgan fingerprint density at radius 3 is 2.23 bits per heavy atom. The largest absolute Gasteiger partial charge is 0.490 e. The number of aliphatic hydroxyl groups excluding tert-OH is 2. The Morgan fingerprint density at radius 1 is 0.833 bits per heavy atom. The molecule has 348 valence electrons. The molecule has 4 atom stereocenters. The number of rotatable bonds is 14. The summed E-state index contributed by atoms with van der Waals surface area (Å²) in [6.07, 6.45) is 6.68. The molecule has 2 saturated heterocycles. The number of benzene rings is 3. The third kappa shape index (κ3) is 11.3. The first-order chi connectivity index (χ1) is 31.9. The van der Waals surface area contributed by atoms with E-state index in [1.165, 1.54) is 0 Å². The Balaban J connectivity index is 0.00000320. The van der Waals surface area contributed by atoms with Crippen molar-refractivity contribution < 1.29 is 43.6 Å². The third-order valence-corrected chi connectivity index (χ3v) is 11.5. The lowest BCUT2D eigenvalue weighted by atomic mass is 10.0. The van der Waals surface area contributed by atoms with E-state index in [0.29, 0.717) is 64.1 Å². The molecule has 4 amide bonds. The second-order valence-electron chi connectivity index (χ2n) is 16.3. The molecule has 3 aliphatic heterocycles. The summed E-state index contributed by atoms with van der Waals surface area (Å²) in [4.78, 5) is 59.5. The Labute approximate surface area is 383 Å². The quantitative estimate of drug-likeness (QED) is 0.0500. The van der Waals surface area contributed by atoms with Gasteiger partial charge in [0.25, 0.3) is 17.7 Å². The van der Waals surface area contributed by atoms with Crippen molar-refractivity contribution >= 4 is 58.3 Å². The number of nitrogens with one attached hydrogen (secondary N) is 3. The number of fused-ring (bicyclic) bond motifs is 2. The highest BCUT2D eigenvalue weighted by Gasteiger charge is 2.34. The fourth-order valence-electron chi connectivity index (χ4n) is 8.15. The topological polar surface area (TPSA) is 224 Å². The van der Waals surface area contributed by atoms with E-state index < -0.39 is 18.5 Å². The number of hydrogen-bond acceptors (Lipinski definition) is 11. The van der Waals surface area contributed by atoms with Crippen molar-refractivity contribution in [3.8, 4) is 22.6 Å². The number of carbonyl (C=O) groups excluding carboxylic acids is 4. The predicted molar refractivity (Wildman–Crippen MR) is 253 cm³/mol. The molecule has 0 saturated carbocycles. The summed E-state index contributed by atoms with van der Waals surface area (Å²) in [5.41, 5.74) is 11.3. The van der Waals surface area contributed by atoms with Gasteiger partial charge < -0.3 is 60.1 Å². The number of aliphatic imine (C=N–C) groups is 1. The molecule has 17 heteroatoms. The maximum atomic E-state index is 13.7. The van der Waals surface area contributed by atoms with E-state index in [0.717, 1.165) is 30.4 Å². The van der Waals surface area contributed by atoms with E-state index in [2.05, 4.69) is 20.9 Å². The van der Waals surface area contributed by atoms with Crippen LogP contribution in [-0.2, 0) is 23.6 Å². The highest BCUT2D eigenvalue weighted by Crippen LogP contribution is 2.40. The van der Waals surface area contributed by atoms with Crippen LogP contribution in [0.2, 0.25) is 0 Å². The predicted octanol–water partition coefficient (Wildman–Crippen LogP) is 6.89. The normalized spacial score (nSPS) is 18.8. The van der Waals surface area contributed by atoms with Crippen LogP contribution >= 0.6 is 0 Å². The molecule has 3 aromatic carbocycles. The van der Waals surface area contributed by atoms with E-state index in [1.807, 2.05) is 37.1 Å². The van der Waals surface area contributed by atoms with Gasteiger partial charge in [-0.1, -0.05) is 26.0 Å². The molecule has 17 nitrogen and oxygen atoms in total. The van der Waals surface area contributed by atoms with Gasteiger partial charge in [-0.3, -0.25) is 24.2 Å². The van der Waals surface area contributed by atoms with E-state index in [1.54, 1.807) is 96.3 Å². The van der Waals surface area contributed by atoms with Crippen LogP contribution in [0.5, 0.6) is 11.5 Å². The fraction of sp³-hybridized carbons (Fsp3) is 0.367. The van der Waals surface area contributed by atoms with Gasteiger partial charge in [-0.15, -0.1) is 0 Å². The Bertz CT molecular complexity index is 2550. The number of nitrogens with two attached hydrogens (primary N) is 1. The first-order valence-electron chi connectivity index (χ1n) is 22.4. The standard InChI is InChI=1S/C47H52N8O9.C2H6/c1-53-25-29(18-39(53)45(59)52-32-14-10-30(48)11-15-32)28-8-12-31(13-9-28)51-46(60)40-19-33(26-54(40)2)50-43(58)7-5-17-62-41-23-38-37(47(61)55-16-4-3-6-34(55)24-49-38)22-42(41)64-44-21-35(57)20-36(27-56)63-44;1-2/h8-15,18-19,22-26,34-36,44,56-57H,3-7,16-17,20-21,27,48H2,1-2H3,(H,50,58)(H,51,60)(H,52,59);1-2H3. The van der Waals surface area contributed by atoms with Gasteiger partial charge in [0.1, 0.15) is 11.4 Å². The number of aromatic nitrogens is 2. The smallest absolute Gasteiger partial charge is 0.272 e. The Hall–Kier alpha value is -6.95. The molecule has 3 aliphatic rings. The molecule has 8 rings (SSSR count). The second kappa shape index (κ2) is 21.4. The molecule has 0 spiro atoms. The van der Waals surface area contributed by atoms with Crippen LogP contribution in [0.1, 0.15) is 90.1 Å². The molecule has 5 heterocycles. The molecule has 7 N–H and O–H groups in total. The number of aliphatic hydroxyl groups is 2. The second-order valence-corrected chi connectivity index (χ2v) is 16.3. The van der Waals surface area contributed by atoms with Crippen molar-refractivity contribution in [1.82, 2.24) is 14.0 Å². The minimum absolute atomic E-state index is 0.0997. The number of ether oxygens (including phenoxy) is 3. The summed E-state index contributed by atoms with van der Waals surface area (Å²) >= 11 is 0. The van der Waals surface area contributed by atoms with Gasteiger partial charge in [0, 0.05) is 87.2 Å². The van der Waals surface area contributed by atoms with Gasteiger partial charge in [-0.2, -0.15) is 0 Å². The van der Waals surface area contributed by atoms with Gasteiger partial charge >= 0.3 is 0 Å². The summed E-state index contributed by atoms with van der Waals surface area (Å²) in [7, 11) is 3.51. The number of aryl methyl sites for hydroxylation is 2. The van der Waals surface area contributed by atoms with Gasteiger partial charge in [-0.25, -0.2) is 0 Å². The zero-order valence-corrected chi connectivity index (χ0v) is 37.7. The molecule has 66 heavy (non-hydrogen) atoms. The summed E-state index contributed by atoms with van der Waals surface area (Å²) in [6, 6.07) is 20.7. The lowest BCUT2D eigenvalue weighted by molar-refractivity contribution is -0.185. The van der Waals surface area contributed by atoms with Crippen LogP contribution < -0.4 is 31.2 Å². The van der Waals surface area contributed by atoms with Crippen molar-refractivity contribution in [3.05, 3.63) is 102 Å². The van der Waals surface area contributed by atoms with Crippen LogP contribution in [-0.4, -0.2) is 98.4 Å². The lowest BCUT2D eigenvalue weighted by Crippen LogP contribution is -2.43. The Kier molecular flexibility index (Phi) is 15.2. The molecule has 5 aromatic rings. The van der Waals surface area contributed by atoms with Crippen molar-refractivity contribution in [2.75, 3.05) is 41.4 Å². The molecule has 0 bridgehead atoms. The SMILES string of the molecule is CC.Cn1cc(NC(=O)CCCOc2cc3c(cc2OC2CC(O)CC(CO)O2)C(=O)N2CCCCC2C=N3)cc1C(=O)Nc1ccc(-c2cc(C(=O)Nc3ccc(N)cc3)n(C)c2)cc1. The molecular weight excluding hydrogens is 845 g/mol. The summed E-state index contributed by atoms with van der Waals surface area (Å²) in [5, 5.41) is 28.7. The zero-order chi connectivity index (χ0) is 46.9. The number of nitrogens with zero attached hydrogens (tertiary/aromatic N) is 4. The number of piperidine rings is 1. The maximum absolute atomic E-state index is 13.7. The summed E-state index contributed by atoms with van der Waals surface area (Å²) < 4.78 is 21.6.